The van der Waals surface area contributed by atoms with Gasteiger partial charge in [0.2, 0.25) is 0 Å². The molecule has 1 aromatic heterocycles. The molecule has 2 heterocycles. The summed E-state index contributed by atoms with van der Waals surface area (Å²) in [5.74, 6) is -1.02. The van der Waals surface area contributed by atoms with E-state index in [1.54, 1.807) is 17.2 Å². The Labute approximate surface area is 104 Å². The maximum atomic E-state index is 11.6. The summed E-state index contributed by atoms with van der Waals surface area (Å²) in [5, 5.41) is 8.93. The molecule has 1 unspecified atom stereocenters. The van der Waals surface area contributed by atoms with E-state index in [9.17, 15) is 9.59 Å². The Morgan fingerprint density at radius 1 is 1.50 bits per heavy atom. The van der Waals surface area contributed by atoms with Gasteiger partial charge in [0, 0.05) is 18.9 Å². The van der Waals surface area contributed by atoms with Gasteiger partial charge in [-0.2, -0.15) is 0 Å². The van der Waals surface area contributed by atoms with Crippen LogP contribution in [0.4, 0.5) is 4.79 Å². The molecular weight excluding hydrogens is 236 g/mol. The van der Waals surface area contributed by atoms with Crippen LogP contribution in [0, 0.1) is 0 Å². The van der Waals surface area contributed by atoms with Gasteiger partial charge in [0.1, 0.15) is 0 Å². The molecule has 1 aliphatic rings. The topological polar surface area (TPSA) is 79.7 Å². The Kier molecular flexibility index (Phi) is 3.45. The van der Waals surface area contributed by atoms with E-state index in [0.29, 0.717) is 6.54 Å². The molecule has 18 heavy (non-hydrogen) atoms. The summed E-state index contributed by atoms with van der Waals surface area (Å²) in [6.45, 7) is 0.620. The maximum Gasteiger partial charge on any atom is 0.409 e. The van der Waals surface area contributed by atoms with Gasteiger partial charge in [-0.05, 0) is 24.5 Å². The van der Waals surface area contributed by atoms with Gasteiger partial charge in [0.15, 0.2) is 0 Å². The SMILES string of the molecule is COC(=O)N1CCCC1c1cncc(C(=O)O)c1. The minimum Gasteiger partial charge on any atom is -0.478 e. The highest BCUT2D eigenvalue weighted by Gasteiger charge is 2.31. The number of aromatic carboxylic acids is 1. The third-order valence-corrected chi connectivity index (χ3v) is 3.05. The second-order valence-electron chi connectivity index (χ2n) is 4.13. The minimum atomic E-state index is -1.02. The van der Waals surface area contributed by atoms with Crippen LogP contribution in [0.2, 0.25) is 0 Å². The summed E-state index contributed by atoms with van der Waals surface area (Å²) in [5.41, 5.74) is 0.863. The Hall–Kier alpha value is -2.11. The number of carboxylic acids is 1. The number of carbonyl (C=O) groups is 2. The summed E-state index contributed by atoms with van der Waals surface area (Å²) in [6.07, 6.45) is 4.16. The predicted molar refractivity (Wildman–Crippen MR) is 62.3 cm³/mol. The van der Waals surface area contributed by atoms with Crippen LogP contribution in [0.3, 0.4) is 0 Å². The fourth-order valence-corrected chi connectivity index (χ4v) is 2.21. The molecule has 0 saturated carbocycles. The largest absolute Gasteiger partial charge is 0.478 e. The molecule has 0 aromatic carbocycles. The normalized spacial score (nSPS) is 18.7. The second kappa shape index (κ2) is 5.03. The van der Waals surface area contributed by atoms with Gasteiger partial charge in [-0.1, -0.05) is 0 Å². The predicted octanol–water partition coefficient (Wildman–Crippen LogP) is 1.68. The molecule has 2 rings (SSSR count). The van der Waals surface area contributed by atoms with E-state index in [4.69, 9.17) is 9.84 Å². The van der Waals surface area contributed by atoms with Gasteiger partial charge in [-0.3, -0.25) is 4.98 Å². The maximum absolute atomic E-state index is 11.6. The lowest BCUT2D eigenvalue weighted by Gasteiger charge is -2.23. The van der Waals surface area contributed by atoms with E-state index in [-0.39, 0.29) is 11.6 Å². The molecule has 1 aromatic rings. The number of hydrogen-bond donors (Lipinski definition) is 1. The zero-order chi connectivity index (χ0) is 13.1. The molecule has 1 atom stereocenters. The zero-order valence-corrected chi connectivity index (χ0v) is 10.00. The van der Waals surface area contributed by atoms with Crippen molar-refractivity contribution < 1.29 is 19.4 Å². The van der Waals surface area contributed by atoms with Crippen LogP contribution in [-0.4, -0.2) is 40.7 Å². The molecule has 1 N–H and O–H groups in total. The molecule has 1 fully saturated rings. The molecule has 0 spiro atoms. The van der Waals surface area contributed by atoms with Crippen LogP contribution in [0.5, 0.6) is 0 Å². The van der Waals surface area contributed by atoms with Gasteiger partial charge in [-0.25, -0.2) is 9.59 Å². The molecule has 6 nitrogen and oxygen atoms in total. The van der Waals surface area contributed by atoms with Crippen LogP contribution in [0.25, 0.3) is 0 Å². The van der Waals surface area contributed by atoms with E-state index in [1.165, 1.54) is 13.3 Å². The van der Waals surface area contributed by atoms with Crippen molar-refractivity contribution in [2.24, 2.45) is 0 Å². The van der Waals surface area contributed by atoms with Gasteiger partial charge in [0.05, 0.1) is 18.7 Å². The third-order valence-electron chi connectivity index (χ3n) is 3.05. The average molecular weight is 250 g/mol. The van der Waals surface area contributed by atoms with Crippen molar-refractivity contribution >= 4 is 12.1 Å². The zero-order valence-electron chi connectivity index (χ0n) is 10.00. The Morgan fingerprint density at radius 2 is 2.28 bits per heavy atom. The average Bonchev–Trinajstić information content (AvgIpc) is 2.87. The highest BCUT2D eigenvalue weighted by atomic mass is 16.5. The summed E-state index contributed by atoms with van der Waals surface area (Å²) >= 11 is 0. The smallest absolute Gasteiger partial charge is 0.409 e. The van der Waals surface area contributed by atoms with Crippen LogP contribution in [0.15, 0.2) is 18.5 Å². The van der Waals surface area contributed by atoms with E-state index in [0.717, 1.165) is 18.4 Å². The number of methoxy groups -OCH3 is 1. The number of nitrogens with zero attached hydrogens (tertiary/aromatic N) is 2. The molecule has 6 heteroatoms. The van der Waals surface area contributed by atoms with Gasteiger partial charge in [0.25, 0.3) is 0 Å². The van der Waals surface area contributed by atoms with Crippen LogP contribution in [0.1, 0.15) is 34.8 Å². The minimum absolute atomic E-state index is 0.129. The lowest BCUT2D eigenvalue weighted by atomic mass is 10.1. The second-order valence-corrected chi connectivity index (χ2v) is 4.13. The fourth-order valence-electron chi connectivity index (χ4n) is 2.21. The lowest BCUT2D eigenvalue weighted by molar-refractivity contribution is 0.0696. The third kappa shape index (κ3) is 2.27. The van der Waals surface area contributed by atoms with Crippen molar-refractivity contribution in [3.63, 3.8) is 0 Å². The number of likely N-dealkylation sites (tertiary alicyclic amines) is 1. The quantitative estimate of drug-likeness (QED) is 0.863. The molecule has 0 aliphatic carbocycles. The van der Waals surface area contributed by atoms with Crippen LogP contribution < -0.4 is 0 Å². The number of pyridine rings is 1. The van der Waals surface area contributed by atoms with Crippen molar-refractivity contribution in [2.75, 3.05) is 13.7 Å². The van der Waals surface area contributed by atoms with E-state index >= 15 is 0 Å². The fraction of sp³-hybridized carbons (Fsp3) is 0.417. The van der Waals surface area contributed by atoms with E-state index in [1.807, 2.05) is 0 Å². The lowest BCUT2D eigenvalue weighted by Crippen LogP contribution is -2.30. The monoisotopic (exact) mass is 250 g/mol. The molecule has 1 aliphatic heterocycles. The van der Waals surface area contributed by atoms with E-state index < -0.39 is 12.1 Å². The summed E-state index contributed by atoms with van der Waals surface area (Å²) < 4.78 is 4.71. The highest BCUT2D eigenvalue weighted by Crippen LogP contribution is 2.32. The first-order valence-corrected chi connectivity index (χ1v) is 5.66. The number of carbonyl (C=O) groups excluding carboxylic acids is 1. The van der Waals surface area contributed by atoms with Gasteiger partial charge in [-0.15, -0.1) is 0 Å². The highest BCUT2D eigenvalue weighted by molar-refractivity contribution is 5.87. The number of rotatable bonds is 2. The first-order valence-electron chi connectivity index (χ1n) is 5.66. The van der Waals surface area contributed by atoms with Crippen molar-refractivity contribution in [1.82, 2.24) is 9.88 Å². The van der Waals surface area contributed by atoms with Crippen LogP contribution in [-0.2, 0) is 4.74 Å². The number of hydrogen-bond acceptors (Lipinski definition) is 4. The van der Waals surface area contributed by atoms with Crippen molar-refractivity contribution in [1.29, 1.82) is 0 Å². The van der Waals surface area contributed by atoms with Crippen molar-refractivity contribution in [2.45, 2.75) is 18.9 Å². The standard InChI is InChI=1S/C12H14N2O4/c1-18-12(17)14-4-2-3-10(14)8-5-9(11(15)16)7-13-6-8/h5-7,10H,2-4H2,1H3,(H,15,16). The Balaban J connectivity index is 2.27. The Bertz CT molecular complexity index is 475. The molecular formula is C12H14N2O4. The first kappa shape index (κ1) is 12.3. The molecule has 0 bridgehead atoms. The number of aromatic nitrogens is 1. The number of ether oxygens (including phenoxy) is 1. The van der Waals surface area contributed by atoms with Crippen LogP contribution >= 0.6 is 0 Å². The molecule has 96 valence electrons. The molecule has 1 amide bonds. The molecule has 1 saturated heterocycles. The van der Waals surface area contributed by atoms with Gasteiger partial charge >= 0.3 is 12.1 Å². The molecule has 0 radical (unpaired) electrons. The first-order chi connectivity index (χ1) is 8.63. The summed E-state index contributed by atoms with van der Waals surface area (Å²) in [4.78, 5) is 28.0. The summed E-state index contributed by atoms with van der Waals surface area (Å²) in [7, 11) is 1.34. The van der Waals surface area contributed by atoms with Gasteiger partial charge < -0.3 is 14.7 Å². The van der Waals surface area contributed by atoms with Crippen molar-refractivity contribution in [3.8, 4) is 0 Å². The number of amides is 1. The summed E-state index contributed by atoms with van der Waals surface area (Å²) in [6, 6.07) is 1.41. The Morgan fingerprint density at radius 3 is 2.94 bits per heavy atom. The number of carboxylic acid groups (broad SMARTS) is 1. The van der Waals surface area contributed by atoms with E-state index in [2.05, 4.69) is 4.98 Å². The van der Waals surface area contributed by atoms with Crippen molar-refractivity contribution in [3.05, 3.63) is 29.6 Å².